The molecule has 230 valence electrons. The van der Waals surface area contributed by atoms with Gasteiger partial charge in [0.05, 0.1) is 12.1 Å². The summed E-state index contributed by atoms with van der Waals surface area (Å²) in [6, 6.07) is 10.7. The molecule has 0 fully saturated rings. The van der Waals surface area contributed by atoms with Crippen molar-refractivity contribution in [2.24, 2.45) is 0 Å². The smallest absolute Gasteiger partial charge is 0.0550 e. The zero-order valence-corrected chi connectivity index (χ0v) is 26.7. The second-order valence-electron chi connectivity index (χ2n) is 10.8. The third-order valence-corrected chi connectivity index (χ3v) is 7.73. The summed E-state index contributed by atoms with van der Waals surface area (Å²) in [5.74, 6) is 0.248. The molecule has 0 radical (unpaired) electrons. The van der Waals surface area contributed by atoms with E-state index >= 15 is 0 Å². The van der Waals surface area contributed by atoms with Crippen LogP contribution < -0.4 is 0 Å². The number of allylic oxidation sites excluding steroid dienone is 12. The van der Waals surface area contributed by atoms with Gasteiger partial charge < -0.3 is 9.80 Å². The summed E-state index contributed by atoms with van der Waals surface area (Å²) in [6.45, 7) is 32.8. The van der Waals surface area contributed by atoms with E-state index in [2.05, 4.69) is 129 Å². The monoisotopic (exact) mass is 584 g/mol. The second kappa shape index (κ2) is 20.4. The number of rotatable bonds is 22. The summed E-state index contributed by atoms with van der Waals surface area (Å²) < 4.78 is 0. The van der Waals surface area contributed by atoms with Crippen molar-refractivity contribution < 1.29 is 0 Å². The summed E-state index contributed by atoms with van der Waals surface area (Å²) in [5, 5.41) is 0. The fourth-order valence-electron chi connectivity index (χ4n) is 5.17. The van der Waals surface area contributed by atoms with E-state index in [1.807, 2.05) is 42.5 Å². The number of hydrogen-bond acceptors (Lipinski definition) is 2. The van der Waals surface area contributed by atoms with Crippen LogP contribution in [0.1, 0.15) is 56.4 Å². The Kier molecular flexibility index (Phi) is 16.5. The van der Waals surface area contributed by atoms with E-state index in [1.54, 1.807) is 6.08 Å². The van der Waals surface area contributed by atoms with Gasteiger partial charge in [0.1, 0.15) is 0 Å². The van der Waals surface area contributed by atoms with Crippen molar-refractivity contribution in [3.05, 3.63) is 196 Å². The first-order valence-electron chi connectivity index (χ1n) is 15.5. The van der Waals surface area contributed by atoms with E-state index in [-0.39, 0.29) is 18.0 Å². The van der Waals surface area contributed by atoms with Crippen molar-refractivity contribution in [3.63, 3.8) is 0 Å². The molecule has 1 aliphatic carbocycles. The van der Waals surface area contributed by atoms with Gasteiger partial charge in [-0.1, -0.05) is 130 Å². The first-order chi connectivity index (χ1) is 21.4. The van der Waals surface area contributed by atoms with Gasteiger partial charge >= 0.3 is 0 Å². The highest BCUT2D eigenvalue weighted by Gasteiger charge is 2.20. The van der Waals surface area contributed by atoms with E-state index in [9.17, 15) is 0 Å². The quantitative estimate of drug-likeness (QED) is 0.0760. The lowest BCUT2D eigenvalue weighted by Crippen LogP contribution is -2.30. The SMILES string of the molecule is C=CC=C(C=C)C1=CCC(N(C=CCCC=C)C(=C)CCC(=C)N(C=CCC(C=C)c2ccccc2)C(C=C)CC=C)C=C1. The van der Waals surface area contributed by atoms with E-state index in [4.69, 9.17) is 0 Å². The molecule has 1 aromatic rings. The molecule has 1 aliphatic rings. The van der Waals surface area contributed by atoms with Crippen LogP contribution in [0.2, 0.25) is 0 Å². The maximum atomic E-state index is 4.53. The minimum atomic E-state index is 0.0748. The zero-order valence-electron chi connectivity index (χ0n) is 26.7. The molecule has 3 unspecified atom stereocenters. The molecule has 0 heterocycles. The Morgan fingerprint density at radius 3 is 2.18 bits per heavy atom. The Bertz CT molecular complexity index is 1300. The van der Waals surface area contributed by atoms with Crippen molar-refractivity contribution in [1.82, 2.24) is 9.80 Å². The molecule has 3 atom stereocenters. The van der Waals surface area contributed by atoms with E-state index < -0.39 is 0 Å². The summed E-state index contributed by atoms with van der Waals surface area (Å²) in [4.78, 5) is 4.53. The molecular formula is C42H52N2. The predicted molar refractivity (Wildman–Crippen MR) is 196 cm³/mol. The van der Waals surface area contributed by atoms with Crippen LogP contribution in [0.25, 0.3) is 0 Å². The highest BCUT2D eigenvalue weighted by Crippen LogP contribution is 2.28. The van der Waals surface area contributed by atoms with Crippen LogP contribution in [0.5, 0.6) is 0 Å². The Labute approximate surface area is 268 Å². The molecule has 0 amide bonds. The molecule has 2 rings (SSSR count). The van der Waals surface area contributed by atoms with Crippen LogP contribution in [0.4, 0.5) is 0 Å². The van der Waals surface area contributed by atoms with Gasteiger partial charge in [-0.15, -0.1) is 26.3 Å². The predicted octanol–water partition coefficient (Wildman–Crippen LogP) is 11.4. The molecular weight excluding hydrogens is 532 g/mol. The topological polar surface area (TPSA) is 6.48 Å². The maximum Gasteiger partial charge on any atom is 0.0550 e. The van der Waals surface area contributed by atoms with Crippen LogP contribution in [0, 0.1) is 0 Å². The number of benzene rings is 1. The molecule has 0 bridgehead atoms. The van der Waals surface area contributed by atoms with Crippen molar-refractivity contribution in [2.45, 2.75) is 62.9 Å². The lowest BCUT2D eigenvalue weighted by molar-refractivity contribution is 0.357. The molecule has 0 saturated heterocycles. The fourth-order valence-corrected chi connectivity index (χ4v) is 5.17. The third-order valence-electron chi connectivity index (χ3n) is 7.73. The van der Waals surface area contributed by atoms with Gasteiger partial charge in [0.25, 0.3) is 0 Å². The lowest BCUT2D eigenvalue weighted by atomic mass is 9.95. The first kappa shape index (κ1) is 35.6. The van der Waals surface area contributed by atoms with Gasteiger partial charge in [-0.05, 0) is 61.7 Å². The summed E-state index contributed by atoms with van der Waals surface area (Å²) in [6.07, 6.45) is 34.9. The van der Waals surface area contributed by atoms with E-state index in [1.165, 1.54) is 5.56 Å². The van der Waals surface area contributed by atoms with Crippen LogP contribution >= 0.6 is 0 Å². The molecule has 2 heteroatoms. The van der Waals surface area contributed by atoms with Crippen LogP contribution in [-0.2, 0) is 0 Å². The van der Waals surface area contributed by atoms with E-state index in [0.29, 0.717) is 0 Å². The number of hydrogen-bond donors (Lipinski definition) is 0. The summed E-state index contributed by atoms with van der Waals surface area (Å²) in [7, 11) is 0. The van der Waals surface area contributed by atoms with Crippen molar-refractivity contribution >= 4 is 0 Å². The maximum absolute atomic E-state index is 4.53. The fraction of sp³-hybridized carbons (Fsp3) is 0.238. The van der Waals surface area contributed by atoms with Gasteiger partial charge in [-0.3, -0.25) is 0 Å². The highest BCUT2D eigenvalue weighted by molar-refractivity contribution is 5.49. The lowest BCUT2D eigenvalue weighted by Gasteiger charge is -2.33. The minimum Gasteiger partial charge on any atom is -0.345 e. The standard InChI is InChI=1S/C42H52N2/c1-9-15-16-20-33-44(42-31-29-40(30-32-42)37(12-4)22-10-2)36(8)28-27-35(7)43(41(14-6)23-11-3)34-21-26-38(13-5)39-24-18-17-19-25-39/h9-14,17-22,24-25,29-31,33-34,38,41-42H,1-8,15-16,23,26-28,32H2. The molecule has 0 spiro atoms. The van der Waals surface area contributed by atoms with Crippen LogP contribution in [-0.4, -0.2) is 21.9 Å². The number of unbranched alkanes of at least 4 members (excludes halogenated alkanes) is 1. The minimum absolute atomic E-state index is 0.0748. The highest BCUT2D eigenvalue weighted by atomic mass is 15.2. The normalized spacial score (nSPS) is 16.0. The van der Waals surface area contributed by atoms with E-state index in [0.717, 1.165) is 67.5 Å². The molecule has 0 aliphatic heterocycles. The second-order valence-corrected chi connectivity index (χ2v) is 10.8. The van der Waals surface area contributed by atoms with Gasteiger partial charge in [-0.25, -0.2) is 0 Å². The van der Waals surface area contributed by atoms with Gasteiger partial charge in [-0.2, -0.15) is 0 Å². The third kappa shape index (κ3) is 11.3. The number of nitrogens with zero attached hydrogens (tertiary/aromatic N) is 2. The molecule has 0 N–H and O–H groups in total. The average molecular weight is 585 g/mol. The Morgan fingerprint density at radius 1 is 0.841 bits per heavy atom. The van der Waals surface area contributed by atoms with Crippen molar-refractivity contribution in [1.29, 1.82) is 0 Å². The first-order valence-corrected chi connectivity index (χ1v) is 15.5. The molecule has 0 saturated carbocycles. The van der Waals surface area contributed by atoms with Crippen LogP contribution in [0.3, 0.4) is 0 Å². The molecule has 0 aromatic heterocycles. The van der Waals surface area contributed by atoms with Gasteiger partial charge in [0, 0.05) is 29.7 Å². The molecule has 2 nitrogen and oxygen atoms in total. The Hall–Kier alpha value is -4.56. The average Bonchev–Trinajstić information content (AvgIpc) is 3.06. The summed E-state index contributed by atoms with van der Waals surface area (Å²) in [5.41, 5.74) is 5.57. The molecule has 1 aromatic carbocycles. The largest absolute Gasteiger partial charge is 0.345 e. The Morgan fingerprint density at radius 2 is 1.59 bits per heavy atom. The zero-order chi connectivity index (χ0) is 32.2. The Balaban J connectivity index is 2.19. The van der Waals surface area contributed by atoms with Gasteiger partial charge in [0.2, 0.25) is 0 Å². The van der Waals surface area contributed by atoms with Crippen LogP contribution in [0.15, 0.2) is 191 Å². The molecule has 44 heavy (non-hydrogen) atoms. The van der Waals surface area contributed by atoms with Gasteiger partial charge in [0.15, 0.2) is 0 Å². The summed E-state index contributed by atoms with van der Waals surface area (Å²) >= 11 is 0. The van der Waals surface area contributed by atoms with Crippen molar-refractivity contribution in [2.75, 3.05) is 0 Å². The van der Waals surface area contributed by atoms with Crippen molar-refractivity contribution in [3.8, 4) is 0 Å².